The van der Waals surface area contributed by atoms with Crippen LogP contribution in [0.4, 0.5) is 10.6 Å². The molecule has 0 unspecified atom stereocenters. The maximum Gasteiger partial charge on any atom is 0.416 e. The summed E-state index contributed by atoms with van der Waals surface area (Å²) in [7, 11) is -3.15. The van der Waals surface area contributed by atoms with E-state index in [4.69, 9.17) is 4.74 Å². The van der Waals surface area contributed by atoms with Crippen LogP contribution >= 0.6 is 0 Å². The molecular weight excluding hydrogens is 380 g/mol. The summed E-state index contributed by atoms with van der Waals surface area (Å²) in [6.07, 6.45) is 7.57. The Morgan fingerprint density at radius 1 is 1.14 bits per heavy atom. The number of carbonyl (C=O) groups is 1. The first-order valence-electron chi connectivity index (χ1n) is 10.1. The van der Waals surface area contributed by atoms with Crippen molar-refractivity contribution < 1.29 is 17.9 Å². The lowest BCUT2D eigenvalue weighted by atomic mass is 9.85. The number of piperidine rings is 1. The molecule has 0 radical (unpaired) electrons. The molecule has 0 atom stereocenters. The highest BCUT2D eigenvalue weighted by atomic mass is 32.2. The van der Waals surface area contributed by atoms with E-state index in [1.807, 2.05) is 13.0 Å². The molecule has 2 saturated heterocycles. The van der Waals surface area contributed by atoms with Gasteiger partial charge in [-0.3, -0.25) is 4.90 Å². The fourth-order valence-electron chi connectivity index (χ4n) is 4.66. The number of aromatic nitrogens is 2. The van der Waals surface area contributed by atoms with Crippen molar-refractivity contribution in [3.8, 4) is 0 Å². The minimum atomic E-state index is -3.15. The number of anilines is 1. The van der Waals surface area contributed by atoms with E-state index in [0.717, 1.165) is 44.2 Å². The van der Waals surface area contributed by atoms with Crippen LogP contribution in [0.3, 0.4) is 0 Å². The summed E-state index contributed by atoms with van der Waals surface area (Å²) in [5, 5.41) is 0. The van der Waals surface area contributed by atoms with E-state index >= 15 is 0 Å². The van der Waals surface area contributed by atoms with Gasteiger partial charge in [-0.15, -0.1) is 0 Å². The normalized spacial score (nSPS) is 23.9. The highest BCUT2D eigenvalue weighted by Crippen LogP contribution is 2.39. The van der Waals surface area contributed by atoms with Crippen molar-refractivity contribution in [2.24, 2.45) is 0 Å². The van der Waals surface area contributed by atoms with Gasteiger partial charge in [-0.1, -0.05) is 6.42 Å². The smallest absolute Gasteiger partial charge is 0.416 e. The Morgan fingerprint density at radius 3 is 2.46 bits per heavy atom. The minimum Gasteiger partial charge on any atom is -0.441 e. The highest BCUT2D eigenvalue weighted by Gasteiger charge is 2.46. The van der Waals surface area contributed by atoms with Crippen molar-refractivity contribution >= 4 is 21.9 Å². The summed E-state index contributed by atoms with van der Waals surface area (Å²) in [4.78, 5) is 23.3. The van der Waals surface area contributed by atoms with Crippen molar-refractivity contribution in [2.45, 2.75) is 63.4 Å². The van der Waals surface area contributed by atoms with Crippen LogP contribution in [-0.2, 0) is 14.8 Å². The molecule has 1 aromatic rings. The van der Waals surface area contributed by atoms with Crippen molar-refractivity contribution in [3.05, 3.63) is 17.6 Å². The Hall–Kier alpha value is -1.74. The van der Waals surface area contributed by atoms with Crippen molar-refractivity contribution in [1.82, 2.24) is 14.3 Å². The number of ether oxygens (including phenoxy) is 1. The fraction of sp³-hybridized carbons (Fsp3) is 0.737. The van der Waals surface area contributed by atoms with Crippen LogP contribution < -0.4 is 4.90 Å². The molecule has 2 aliphatic heterocycles. The quantitative estimate of drug-likeness (QED) is 0.763. The Bertz CT molecular complexity index is 859. The Kier molecular flexibility index (Phi) is 5.07. The second-order valence-corrected chi connectivity index (χ2v) is 10.3. The van der Waals surface area contributed by atoms with E-state index in [-0.39, 0.29) is 17.6 Å². The maximum atomic E-state index is 12.6. The molecule has 8 nitrogen and oxygen atoms in total. The molecule has 4 rings (SSSR count). The van der Waals surface area contributed by atoms with Crippen LogP contribution in [0.5, 0.6) is 0 Å². The van der Waals surface area contributed by atoms with Crippen molar-refractivity contribution in [1.29, 1.82) is 0 Å². The largest absolute Gasteiger partial charge is 0.441 e. The summed E-state index contributed by atoms with van der Waals surface area (Å²) in [6.45, 7) is 3.37. The molecule has 0 N–H and O–H groups in total. The summed E-state index contributed by atoms with van der Waals surface area (Å²) >= 11 is 0. The standard InChI is InChI=1S/C19H28N4O4S/c1-14-20-16(15-6-10-22(11-7-15)28(2,25)26)12-17(21-14)23-13-19(27-18(23)24)8-4-3-5-9-19/h12,15H,3-11,13H2,1-2H3. The molecule has 0 bridgehead atoms. The van der Waals surface area contributed by atoms with Gasteiger partial charge in [0.15, 0.2) is 0 Å². The molecule has 9 heteroatoms. The highest BCUT2D eigenvalue weighted by molar-refractivity contribution is 7.88. The number of amides is 1. The number of rotatable bonds is 3. The van der Waals surface area contributed by atoms with E-state index in [1.165, 1.54) is 17.0 Å². The summed E-state index contributed by atoms with van der Waals surface area (Å²) in [6, 6.07) is 1.89. The number of carbonyl (C=O) groups excluding carboxylic acids is 1. The summed E-state index contributed by atoms with van der Waals surface area (Å²) < 4.78 is 30.8. The third-order valence-electron chi connectivity index (χ3n) is 6.20. The molecule has 0 aromatic carbocycles. The van der Waals surface area contributed by atoms with Crippen molar-refractivity contribution in [2.75, 3.05) is 30.8 Å². The lowest BCUT2D eigenvalue weighted by Crippen LogP contribution is -2.37. The lowest BCUT2D eigenvalue weighted by molar-refractivity contribution is 0.0260. The van der Waals surface area contributed by atoms with Gasteiger partial charge in [0.2, 0.25) is 10.0 Å². The van der Waals surface area contributed by atoms with Crippen molar-refractivity contribution in [3.63, 3.8) is 0 Å². The van der Waals surface area contributed by atoms with Crippen LogP contribution in [-0.4, -0.2) is 60.3 Å². The van der Waals surface area contributed by atoms with E-state index in [9.17, 15) is 13.2 Å². The van der Waals surface area contributed by atoms with Gasteiger partial charge in [-0.25, -0.2) is 27.5 Å². The zero-order chi connectivity index (χ0) is 19.9. The molecule has 3 aliphatic rings. The molecule has 1 aliphatic carbocycles. The van der Waals surface area contributed by atoms with Crippen LogP contribution in [0.15, 0.2) is 6.07 Å². The summed E-state index contributed by atoms with van der Waals surface area (Å²) in [5.74, 6) is 1.39. The van der Waals surface area contributed by atoms with Crippen LogP contribution in [0, 0.1) is 6.92 Å². The second-order valence-electron chi connectivity index (χ2n) is 8.33. The van der Waals surface area contributed by atoms with Gasteiger partial charge in [0, 0.05) is 30.8 Å². The molecule has 1 aromatic heterocycles. The molecule has 1 spiro atoms. The SMILES string of the molecule is Cc1nc(C2CCN(S(C)(=O)=O)CC2)cc(N2CC3(CCCCC3)OC2=O)n1. The first-order valence-corrected chi connectivity index (χ1v) is 11.9. The Morgan fingerprint density at radius 2 is 1.82 bits per heavy atom. The first kappa shape index (κ1) is 19.6. The first-order chi connectivity index (χ1) is 13.3. The van der Waals surface area contributed by atoms with E-state index in [0.29, 0.717) is 31.3 Å². The number of nitrogens with zero attached hydrogens (tertiary/aromatic N) is 4. The molecular formula is C19H28N4O4S. The molecule has 1 saturated carbocycles. The predicted molar refractivity (Wildman–Crippen MR) is 105 cm³/mol. The van der Waals surface area contributed by atoms with Gasteiger partial charge in [-0.2, -0.15) is 0 Å². The van der Waals surface area contributed by atoms with Crippen LogP contribution in [0.25, 0.3) is 0 Å². The van der Waals surface area contributed by atoms with Gasteiger partial charge in [-0.05, 0) is 45.4 Å². The van der Waals surface area contributed by atoms with Gasteiger partial charge in [0.1, 0.15) is 17.2 Å². The molecule has 3 heterocycles. The zero-order valence-corrected chi connectivity index (χ0v) is 17.4. The monoisotopic (exact) mass is 408 g/mol. The van der Waals surface area contributed by atoms with E-state index in [1.54, 1.807) is 4.90 Å². The van der Waals surface area contributed by atoms with E-state index < -0.39 is 10.0 Å². The molecule has 1 amide bonds. The van der Waals surface area contributed by atoms with Crippen LogP contribution in [0.2, 0.25) is 0 Å². The summed E-state index contributed by atoms with van der Waals surface area (Å²) in [5.41, 5.74) is 0.517. The molecule has 154 valence electrons. The Balaban J connectivity index is 1.53. The van der Waals surface area contributed by atoms with Gasteiger partial charge < -0.3 is 4.74 Å². The average molecular weight is 409 g/mol. The molecule has 28 heavy (non-hydrogen) atoms. The maximum absolute atomic E-state index is 12.6. The fourth-order valence-corrected chi connectivity index (χ4v) is 5.54. The number of hydrogen-bond donors (Lipinski definition) is 0. The predicted octanol–water partition coefficient (Wildman–Crippen LogP) is 2.58. The topological polar surface area (TPSA) is 92.7 Å². The van der Waals surface area contributed by atoms with Gasteiger partial charge >= 0.3 is 6.09 Å². The van der Waals surface area contributed by atoms with Gasteiger partial charge in [0.25, 0.3) is 0 Å². The van der Waals surface area contributed by atoms with E-state index in [2.05, 4.69) is 9.97 Å². The number of sulfonamides is 1. The minimum absolute atomic E-state index is 0.167. The average Bonchev–Trinajstić information content (AvgIpc) is 2.97. The van der Waals surface area contributed by atoms with Gasteiger partial charge in [0.05, 0.1) is 12.8 Å². The zero-order valence-electron chi connectivity index (χ0n) is 16.6. The lowest BCUT2D eigenvalue weighted by Gasteiger charge is -2.31. The second kappa shape index (κ2) is 7.26. The van der Waals surface area contributed by atoms with Crippen LogP contribution in [0.1, 0.15) is 62.4 Å². The third-order valence-corrected chi connectivity index (χ3v) is 7.50. The molecule has 3 fully saturated rings. The Labute approximate surface area is 166 Å². The third kappa shape index (κ3) is 3.87. The number of aryl methyl sites for hydroxylation is 1. The number of hydrogen-bond acceptors (Lipinski definition) is 6.